The summed E-state index contributed by atoms with van der Waals surface area (Å²) < 4.78 is 0. The fourth-order valence-corrected chi connectivity index (χ4v) is 2.27. The molecule has 17 heavy (non-hydrogen) atoms. The fourth-order valence-electron chi connectivity index (χ4n) is 2.27. The largest absolute Gasteiger partial charge is 0.327 e. The molecular formula is C15H24N2. The van der Waals surface area contributed by atoms with Gasteiger partial charge in [0.15, 0.2) is 0 Å². The summed E-state index contributed by atoms with van der Waals surface area (Å²) in [4.78, 5) is 4.53. The Labute approximate surface area is 105 Å². The van der Waals surface area contributed by atoms with E-state index in [4.69, 9.17) is 5.73 Å². The van der Waals surface area contributed by atoms with E-state index >= 15 is 0 Å². The molecule has 1 atom stereocenters. The molecule has 0 saturated heterocycles. The van der Waals surface area contributed by atoms with E-state index in [2.05, 4.69) is 37.9 Å². The molecular weight excluding hydrogens is 208 g/mol. The summed E-state index contributed by atoms with van der Waals surface area (Å²) in [5.41, 5.74) is 10.9. The van der Waals surface area contributed by atoms with Crippen LogP contribution in [0.1, 0.15) is 40.5 Å². The first kappa shape index (κ1) is 13.9. The third kappa shape index (κ3) is 3.97. The lowest BCUT2D eigenvalue weighted by Crippen LogP contribution is -2.09. The van der Waals surface area contributed by atoms with Crippen molar-refractivity contribution in [3.05, 3.63) is 34.6 Å². The number of aliphatic imine (C=N–C) groups is 1. The van der Waals surface area contributed by atoms with Crippen LogP contribution >= 0.6 is 0 Å². The van der Waals surface area contributed by atoms with Gasteiger partial charge in [-0.05, 0) is 46.1 Å². The van der Waals surface area contributed by atoms with Gasteiger partial charge >= 0.3 is 0 Å². The molecule has 0 aromatic heterocycles. The second kappa shape index (κ2) is 6.55. The number of hydrogen-bond acceptors (Lipinski definition) is 2. The number of nitrogens with two attached hydrogens (primary N) is 1. The van der Waals surface area contributed by atoms with Crippen molar-refractivity contribution in [3.63, 3.8) is 0 Å². The van der Waals surface area contributed by atoms with Crippen molar-refractivity contribution in [1.29, 1.82) is 0 Å². The van der Waals surface area contributed by atoms with Gasteiger partial charge in [-0.15, -0.1) is 0 Å². The fraction of sp³-hybridized carbons (Fsp3) is 0.533. The van der Waals surface area contributed by atoms with Crippen LogP contribution in [-0.2, 0) is 0 Å². The van der Waals surface area contributed by atoms with Gasteiger partial charge in [-0.1, -0.05) is 23.3 Å². The minimum Gasteiger partial charge on any atom is -0.327 e. The van der Waals surface area contributed by atoms with Crippen molar-refractivity contribution in [2.75, 3.05) is 6.54 Å². The van der Waals surface area contributed by atoms with Crippen LogP contribution in [0.3, 0.4) is 0 Å². The van der Waals surface area contributed by atoms with Crippen molar-refractivity contribution in [1.82, 2.24) is 0 Å². The number of rotatable bonds is 3. The molecule has 0 saturated carbocycles. The van der Waals surface area contributed by atoms with E-state index in [-0.39, 0.29) is 0 Å². The van der Waals surface area contributed by atoms with E-state index in [0.29, 0.717) is 12.5 Å². The first-order chi connectivity index (χ1) is 8.08. The zero-order valence-electron chi connectivity index (χ0n) is 11.5. The molecule has 2 heteroatoms. The molecule has 0 amide bonds. The molecule has 0 fully saturated rings. The number of allylic oxidation sites excluding steroid dienone is 4. The maximum absolute atomic E-state index is 5.75. The highest BCUT2D eigenvalue weighted by Crippen LogP contribution is 2.29. The molecule has 94 valence electrons. The summed E-state index contributed by atoms with van der Waals surface area (Å²) in [6.07, 6.45) is 8.72. The van der Waals surface area contributed by atoms with Crippen LogP contribution in [0.25, 0.3) is 0 Å². The van der Waals surface area contributed by atoms with Gasteiger partial charge in [-0.25, -0.2) is 0 Å². The monoisotopic (exact) mass is 232 g/mol. The molecule has 0 aromatic rings. The number of hydrogen-bond donors (Lipinski definition) is 1. The molecule has 1 unspecified atom stereocenters. The first-order valence-electron chi connectivity index (χ1n) is 6.32. The smallest absolute Gasteiger partial charge is 0.0470 e. The van der Waals surface area contributed by atoms with Gasteiger partial charge in [0, 0.05) is 24.4 Å². The van der Waals surface area contributed by atoms with Crippen LogP contribution in [0.15, 0.2) is 39.6 Å². The van der Waals surface area contributed by atoms with Crippen molar-refractivity contribution in [2.45, 2.75) is 40.5 Å². The van der Waals surface area contributed by atoms with E-state index in [1.54, 1.807) is 0 Å². The van der Waals surface area contributed by atoms with Gasteiger partial charge < -0.3 is 5.73 Å². The molecule has 0 radical (unpaired) electrons. The van der Waals surface area contributed by atoms with E-state index in [0.717, 1.165) is 18.5 Å². The summed E-state index contributed by atoms with van der Waals surface area (Å²) >= 11 is 0. The Bertz CT molecular complexity index is 384. The van der Waals surface area contributed by atoms with Crippen LogP contribution in [0, 0.1) is 5.92 Å². The second-order valence-electron chi connectivity index (χ2n) is 4.80. The minimum absolute atomic E-state index is 0.406. The molecule has 0 heterocycles. The summed E-state index contributed by atoms with van der Waals surface area (Å²) in [7, 11) is 0. The van der Waals surface area contributed by atoms with Crippen molar-refractivity contribution < 1.29 is 0 Å². The van der Waals surface area contributed by atoms with Gasteiger partial charge in [0.2, 0.25) is 0 Å². The highest BCUT2D eigenvalue weighted by molar-refractivity contribution is 5.56. The predicted octanol–water partition coefficient (Wildman–Crippen LogP) is 3.61. The number of nitrogens with zero attached hydrogens (tertiary/aromatic N) is 1. The van der Waals surface area contributed by atoms with E-state index in [1.165, 1.54) is 16.7 Å². The topological polar surface area (TPSA) is 38.4 Å². The molecule has 2 nitrogen and oxygen atoms in total. The minimum atomic E-state index is 0.406. The Morgan fingerprint density at radius 3 is 2.82 bits per heavy atom. The third-order valence-corrected chi connectivity index (χ3v) is 3.15. The van der Waals surface area contributed by atoms with E-state index in [9.17, 15) is 0 Å². The quantitative estimate of drug-likeness (QED) is 0.742. The first-order valence-corrected chi connectivity index (χ1v) is 6.32. The van der Waals surface area contributed by atoms with Crippen LogP contribution in [-0.4, -0.2) is 12.8 Å². The average molecular weight is 232 g/mol. The Morgan fingerprint density at radius 2 is 2.24 bits per heavy atom. The zero-order chi connectivity index (χ0) is 12.8. The Hall–Kier alpha value is -1.15. The molecule has 1 aliphatic carbocycles. The molecule has 1 rings (SSSR count). The second-order valence-corrected chi connectivity index (χ2v) is 4.80. The molecule has 0 spiro atoms. The average Bonchev–Trinajstić information content (AvgIpc) is 2.46. The SMILES string of the molecule is CC=N/C(=C(/C)CN)C1C=C(C)C=C(C)CC1. The molecule has 1 aliphatic rings. The summed E-state index contributed by atoms with van der Waals surface area (Å²) in [5, 5.41) is 0. The Balaban J connectivity index is 3.03. The predicted molar refractivity (Wildman–Crippen MR) is 76.2 cm³/mol. The van der Waals surface area contributed by atoms with Crippen molar-refractivity contribution in [3.8, 4) is 0 Å². The third-order valence-electron chi connectivity index (χ3n) is 3.15. The molecule has 0 aromatic carbocycles. The maximum Gasteiger partial charge on any atom is 0.0470 e. The lowest BCUT2D eigenvalue weighted by molar-refractivity contribution is 0.658. The van der Waals surface area contributed by atoms with Gasteiger partial charge in [0.1, 0.15) is 0 Å². The van der Waals surface area contributed by atoms with Crippen molar-refractivity contribution >= 4 is 6.21 Å². The van der Waals surface area contributed by atoms with Gasteiger partial charge in [0.25, 0.3) is 0 Å². The molecule has 0 bridgehead atoms. The zero-order valence-corrected chi connectivity index (χ0v) is 11.5. The lowest BCUT2D eigenvalue weighted by Gasteiger charge is -2.15. The van der Waals surface area contributed by atoms with E-state index < -0.39 is 0 Å². The standard InChI is InChI=1S/C15H24N2/c1-5-17-15(13(4)10-16)14-7-6-11(2)8-12(3)9-14/h5,8-9,14H,6-7,10,16H2,1-4H3/b15-13-,17-5?. The van der Waals surface area contributed by atoms with Crippen LogP contribution in [0.2, 0.25) is 0 Å². The highest BCUT2D eigenvalue weighted by atomic mass is 14.7. The Kier molecular flexibility index (Phi) is 5.36. The lowest BCUT2D eigenvalue weighted by atomic mass is 9.95. The maximum atomic E-state index is 5.75. The van der Waals surface area contributed by atoms with Gasteiger partial charge in [0.05, 0.1) is 0 Å². The molecule has 2 N–H and O–H groups in total. The van der Waals surface area contributed by atoms with Crippen LogP contribution in [0.4, 0.5) is 0 Å². The van der Waals surface area contributed by atoms with E-state index in [1.807, 2.05) is 13.1 Å². The van der Waals surface area contributed by atoms with Crippen LogP contribution in [0.5, 0.6) is 0 Å². The summed E-state index contributed by atoms with van der Waals surface area (Å²) in [5.74, 6) is 0.406. The van der Waals surface area contributed by atoms with Gasteiger partial charge in [-0.2, -0.15) is 0 Å². The highest BCUT2D eigenvalue weighted by Gasteiger charge is 2.15. The normalized spacial score (nSPS) is 23.0. The Morgan fingerprint density at radius 1 is 1.53 bits per heavy atom. The summed E-state index contributed by atoms with van der Waals surface area (Å²) in [6, 6.07) is 0. The summed E-state index contributed by atoms with van der Waals surface area (Å²) in [6.45, 7) is 8.98. The molecule has 0 aliphatic heterocycles. The van der Waals surface area contributed by atoms with Crippen molar-refractivity contribution in [2.24, 2.45) is 16.6 Å². The van der Waals surface area contributed by atoms with Crippen LogP contribution < -0.4 is 5.73 Å². The van der Waals surface area contributed by atoms with Gasteiger partial charge in [-0.3, -0.25) is 4.99 Å².